The molecular weight excluding hydrogens is 450 g/mol. The number of nitrogens with one attached hydrogen (secondary N) is 1. The van der Waals surface area contributed by atoms with Crippen LogP contribution in [0.4, 0.5) is 0 Å². The molecule has 0 aliphatic carbocycles. The van der Waals surface area contributed by atoms with E-state index < -0.39 is 0 Å². The number of pyridine rings is 1. The number of thiophene rings is 1. The van der Waals surface area contributed by atoms with Crippen LogP contribution in [0, 0.1) is 6.92 Å². The first-order chi connectivity index (χ1) is 16.2. The van der Waals surface area contributed by atoms with Crippen LogP contribution >= 0.6 is 11.3 Å². The molecule has 5 heterocycles. The highest BCUT2D eigenvalue weighted by atomic mass is 32.1. The monoisotopic (exact) mass is 479 g/mol. The molecule has 2 amide bonds. The van der Waals surface area contributed by atoms with Gasteiger partial charge in [0, 0.05) is 37.9 Å². The number of H-pyrrole nitrogens is 1. The van der Waals surface area contributed by atoms with Crippen molar-refractivity contribution in [2.75, 3.05) is 26.7 Å². The summed E-state index contributed by atoms with van der Waals surface area (Å²) in [6.07, 6.45) is 4.40. The molecule has 1 aliphatic heterocycles. The summed E-state index contributed by atoms with van der Waals surface area (Å²) in [4.78, 5) is 37.0. The molecule has 0 spiro atoms. The third kappa shape index (κ3) is 3.86. The third-order valence-corrected chi connectivity index (χ3v) is 7.79. The molecule has 0 aromatic carbocycles. The van der Waals surface area contributed by atoms with Crippen LogP contribution in [-0.2, 0) is 4.79 Å². The van der Waals surface area contributed by atoms with Crippen LogP contribution in [0.15, 0.2) is 24.7 Å². The number of fused-ring (bicyclic) bond motifs is 2. The zero-order valence-electron chi connectivity index (χ0n) is 19.8. The van der Waals surface area contributed by atoms with Gasteiger partial charge >= 0.3 is 0 Å². The molecule has 10 heteroatoms. The van der Waals surface area contributed by atoms with Crippen LogP contribution in [0.5, 0.6) is 0 Å². The van der Waals surface area contributed by atoms with E-state index in [0.717, 1.165) is 45.7 Å². The molecule has 9 nitrogen and oxygen atoms in total. The number of aryl methyl sites for hydroxylation is 1. The highest BCUT2D eigenvalue weighted by Crippen LogP contribution is 2.40. The number of carbonyl (C=O) groups excluding carboxylic acids is 2. The molecule has 1 fully saturated rings. The number of nitrogens with zero attached hydrogens (tertiary/aromatic N) is 5. The molecule has 1 aliphatic rings. The molecule has 0 bridgehead atoms. The molecule has 5 rings (SSSR count). The third-order valence-electron chi connectivity index (χ3n) is 6.64. The lowest BCUT2D eigenvalue weighted by atomic mass is 9.99. The van der Waals surface area contributed by atoms with E-state index in [-0.39, 0.29) is 30.3 Å². The Morgan fingerprint density at radius 1 is 1.35 bits per heavy atom. The minimum absolute atomic E-state index is 0.0108. The van der Waals surface area contributed by atoms with Gasteiger partial charge in [-0.25, -0.2) is 9.50 Å². The number of carbonyl (C=O) groups is 2. The molecular formula is C24H29N7O2S. The molecule has 1 saturated heterocycles. The molecule has 1 unspecified atom stereocenters. The fourth-order valence-electron chi connectivity index (χ4n) is 4.95. The summed E-state index contributed by atoms with van der Waals surface area (Å²) in [5, 5.41) is 4.31. The Hall–Kier alpha value is -3.24. The number of rotatable bonds is 6. The summed E-state index contributed by atoms with van der Waals surface area (Å²) in [6, 6.07) is 4.17. The number of hydrogen-bond acceptors (Lipinski definition) is 6. The van der Waals surface area contributed by atoms with E-state index in [4.69, 9.17) is 5.73 Å². The van der Waals surface area contributed by atoms with E-state index in [0.29, 0.717) is 11.4 Å². The van der Waals surface area contributed by atoms with Crippen molar-refractivity contribution in [1.82, 2.24) is 29.4 Å². The maximum Gasteiger partial charge on any atom is 0.264 e. The lowest BCUT2D eigenvalue weighted by Gasteiger charge is -2.24. The molecule has 3 N–H and O–H groups in total. The second kappa shape index (κ2) is 8.52. The molecule has 4 aromatic heterocycles. The van der Waals surface area contributed by atoms with Crippen molar-refractivity contribution < 1.29 is 9.59 Å². The number of likely N-dealkylation sites (tertiary alicyclic amines) is 1. The van der Waals surface area contributed by atoms with Crippen molar-refractivity contribution >= 4 is 39.0 Å². The van der Waals surface area contributed by atoms with Gasteiger partial charge in [-0.1, -0.05) is 13.8 Å². The van der Waals surface area contributed by atoms with Crippen LogP contribution in [0.2, 0.25) is 0 Å². The van der Waals surface area contributed by atoms with E-state index in [1.165, 1.54) is 16.9 Å². The SMILES string of the molecule is Cc1cc(-c2[nH]c3cc(C(=O)N(C)C4CCN(CC(N)=O)C4)sc3c2C(C)C)cn2ncnc12. The van der Waals surface area contributed by atoms with Crippen molar-refractivity contribution in [3.8, 4) is 11.3 Å². The largest absolute Gasteiger partial charge is 0.369 e. The number of nitrogens with two attached hydrogens (primary N) is 1. The smallest absolute Gasteiger partial charge is 0.264 e. The van der Waals surface area contributed by atoms with Gasteiger partial charge in [-0.3, -0.25) is 14.5 Å². The van der Waals surface area contributed by atoms with Gasteiger partial charge in [0.25, 0.3) is 5.91 Å². The van der Waals surface area contributed by atoms with E-state index >= 15 is 0 Å². The van der Waals surface area contributed by atoms with Crippen LogP contribution < -0.4 is 5.73 Å². The minimum Gasteiger partial charge on any atom is -0.369 e. The van der Waals surface area contributed by atoms with Crippen molar-refractivity contribution in [1.29, 1.82) is 0 Å². The zero-order chi connectivity index (χ0) is 24.1. The first-order valence-corrected chi connectivity index (χ1v) is 12.3. The molecule has 1 atom stereocenters. The van der Waals surface area contributed by atoms with Crippen LogP contribution in [0.1, 0.15) is 47.0 Å². The maximum absolute atomic E-state index is 13.3. The summed E-state index contributed by atoms with van der Waals surface area (Å²) in [6.45, 7) is 8.06. The predicted molar refractivity (Wildman–Crippen MR) is 133 cm³/mol. The number of hydrogen-bond donors (Lipinski definition) is 2. The normalized spacial score (nSPS) is 16.8. The second-order valence-electron chi connectivity index (χ2n) is 9.42. The molecule has 0 radical (unpaired) electrons. The zero-order valence-corrected chi connectivity index (χ0v) is 20.6. The molecule has 0 saturated carbocycles. The van der Waals surface area contributed by atoms with Gasteiger partial charge in [0.1, 0.15) is 6.33 Å². The molecule has 4 aromatic rings. The highest BCUT2D eigenvalue weighted by molar-refractivity contribution is 7.21. The number of primary amides is 1. The van der Waals surface area contributed by atoms with E-state index in [2.05, 4.69) is 35.0 Å². The fraction of sp³-hybridized carbons (Fsp3) is 0.417. The topological polar surface area (TPSA) is 113 Å². The lowest BCUT2D eigenvalue weighted by Crippen LogP contribution is -2.40. The van der Waals surface area contributed by atoms with Crippen molar-refractivity contribution in [2.24, 2.45) is 5.73 Å². The minimum atomic E-state index is -0.336. The summed E-state index contributed by atoms with van der Waals surface area (Å²) in [5.41, 5.74) is 11.5. The van der Waals surface area contributed by atoms with Gasteiger partial charge in [-0.15, -0.1) is 11.3 Å². The Kier molecular flexibility index (Phi) is 5.65. The first kappa shape index (κ1) is 22.5. The van der Waals surface area contributed by atoms with Crippen molar-refractivity contribution in [2.45, 2.75) is 39.2 Å². The number of aromatic amines is 1. The summed E-state index contributed by atoms with van der Waals surface area (Å²) < 4.78 is 2.91. The Balaban J connectivity index is 1.46. The van der Waals surface area contributed by atoms with Gasteiger partial charge < -0.3 is 15.6 Å². The van der Waals surface area contributed by atoms with E-state index in [1.54, 1.807) is 10.8 Å². The number of amides is 2. The maximum atomic E-state index is 13.3. The van der Waals surface area contributed by atoms with Gasteiger partial charge in [0.15, 0.2) is 5.65 Å². The summed E-state index contributed by atoms with van der Waals surface area (Å²) in [5.74, 6) is -0.0546. The van der Waals surface area contributed by atoms with E-state index in [9.17, 15) is 9.59 Å². The van der Waals surface area contributed by atoms with Crippen LogP contribution in [-0.4, -0.2) is 73.9 Å². The number of likely N-dealkylation sites (N-methyl/N-ethyl adjacent to an activating group) is 1. The van der Waals surface area contributed by atoms with Crippen LogP contribution in [0.25, 0.3) is 27.1 Å². The Labute approximate surface area is 201 Å². The van der Waals surface area contributed by atoms with Gasteiger partial charge in [-0.05, 0) is 42.5 Å². The second-order valence-corrected chi connectivity index (χ2v) is 10.5. The lowest BCUT2D eigenvalue weighted by molar-refractivity contribution is -0.118. The Morgan fingerprint density at radius 2 is 2.15 bits per heavy atom. The quantitative estimate of drug-likeness (QED) is 0.441. The van der Waals surface area contributed by atoms with Crippen LogP contribution in [0.3, 0.4) is 0 Å². The predicted octanol–water partition coefficient (Wildman–Crippen LogP) is 3.00. The summed E-state index contributed by atoms with van der Waals surface area (Å²) in [7, 11) is 1.85. The average molecular weight is 480 g/mol. The van der Waals surface area contributed by atoms with Gasteiger partial charge in [-0.2, -0.15) is 5.10 Å². The average Bonchev–Trinajstić information content (AvgIpc) is 3.54. The van der Waals surface area contributed by atoms with Gasteiger partial charge in [0.05, 0.1) is 27.3 Å². The Bertz CT molecular complexity index is 1400. The molecule has 34 heavy (non-hydrogen) atoms. The molecule has 178 valence electrons. The Morgan fingerprint density at radius 3 is 2.88 bits per heavy atom. The standard InChI is InChI=1S/C24H29N7O2S/c1-13(2)20-21(15-7-14(3)23-26-12-27-31(23)9-15)28-17-8-18(34-22(17)20)24(33)29(4)16-5-6-30(10-16)11-19(25)32/h7-9,12-13,16,28H,5-6,10-11H2,1-4H3,(H2,25,32). The fourth-order valence-corrected chi connectivity index (χ4v) is 6.24. The number of aromatic nitrogens is 4. The first-order valence-electron chi connectivity index (χ1n) is 11.5. The van der Waals surface area contributed by atoms with E-state index in [1.807, 2.05) is 36.0 Å². The van der Waals surface area contributed by atoms with Gasteiger partial charge in [0.2, 0.25) is 5.91 Å². The van der Waals surface area contributed by atoms with Crippen molar-refractivity contribution in [3.05, 3.63) is 40.7 Å². The van der Waals surface area contributed by atoms with Crippen molar-refractivity contribution in [3.63, 3.8) is 0 Å². The summed E-state index contributed by atoms with van der Waals surface area (Å²) >= 11 is 1.54. The highest BCUT2D eigenvalue weighted by Gasteiger charge is 2.31.